The highest BCUT2D eigenvalue weighted by Gasteiger charge is 2.42. The number of nitrogens with zero attached hydrogens (tertiary/aromatic N) is 1. The lowest BCUT2D eigenvalue weighted by atomic mass is 10.1. The van der Waals surface area contributed by atoms with Crippen LogP contribution in [0.25, 0.3) is 0 Å². The summed E-state index contributed by atoms with van der Waals surface area (Å²) < 4.78 is 37.4. The molecule has 0 bridgehead atoms. The first-order chi connectivity index (χ1) is 15.2. The standard InChI is InChI=1S/C23H28N2O6S/c1-5-6-11-31-19-10-7-16(12-20(19)30-4)14-24-22(26)17-8-9-18-21(13-17)32(28,29)25(15(2)3)23(18)27/h7-10,12-13,15H,5-6,11,14H2,1-4H3,(H,24,26). The van der Waals surface area contributed by atoms with Crippen molar-refractivity contribution < 1.29 is 27.5 Å². The average Bonchev–Trinajstić information content (AvgIpc) is 2.97. The predicted octanol–water partition coefficient (Wildman–Crippen LogP) is 3.36. The molecule has 0 unspecified atom stereocenters. The first-order valence-corrected chi connectivity index (χ1v) is 12.0. The number of ether oxygens (including phenoxy) is 2. The molecule has 32 heavy (non-hydrogen) atoms. The van der Waals surface area contributed by atoms with Gasteiger partial charge in [-0.25, -0.2) is 12.7 Å². The molecule has 2 amide bonds. The van der Waals surface area contributed by atoms with E-state index in [1.54, 1.807) is 33.1 Å². The number of amides is 2. The molecule has 0 spiro atoms. The maximum Gasteiger partial charge on any atom is 0.269 e. The van der Waals surface area contributed by atoms with Gasteiger partial charge in [-0.2, -0.15) is 0 Å². The van der Waals surface area contributed by atoms with Gasteiger partial charge in [-0.3, -0.25) is 9.59 Å². The summed E-state index contributed by atoms with van der Waals surface area (Å²) in [5.41, 5.74) is 1.05. The number of benzene rings is 2. The third kappa shape index (κ3) is 4.57. The fourth-order valence-electron chi connectivity index (χ4n) is 3.45. The molecule has 2 aromatic rings. The van der Waals surface area contributed by atoms with E-state index in [1.165, 1.54) is 18.2 Å². The molecule has 0 aliphatic carbocycles. The molecular formula is C23H28N2O6S. The number of carbonyl (C=O) groups excluding carboxylic acids is 2. The van der Waals surface area contributed by atoms with Crippen molar-refractivity contribution >= 4 is 21.8 Å². The van der Waals surface area contributed by atoms with E-state index in [0.29, 0.717) is 18.1 Å². The van der Waals surface area contributed by atoms with E-state index < -0.39 is 27.9 Å². The number of unbranched alkanes of at least 4 members (excludes halogenated alkanes) is 1. The number of methoxy groups -OCH3 is 1. The summed E-state index contributed by atoms with van der Waals surface area (Å²) in [4.78, 5) is 25.0. The zero-order chi connectivity index (χ0) is 23.5. The highest BCUT2D eigenvalue weighted by atomic mass is 32.2. The van der Waals surface area contributed by atoms with Crippen LogP contribution in [0.15, 0.2) is 41.3 Å². The summed E-state index contributed by atoms with van der Waals surface area (Å²) in [7, 11) is -2.42. The SMILES string of the molecule is CCCCOc1ccc(CNC(=O)c2ccc3c(c2)S(=O)(=O)N(C(C)C)C3=O)cc1OC. The Hall–Kier alpha value is -3.07. The number of nitrogens with one attached hydrogen (secondary N) is 1. The molecule has 1 heterocycles. The molecule has 1 N–H and O–H groups in total. The van der Waals surface area contributed by atoms with Gasteiger partial charge in [-0.1, -0.05) is 19.4 Å². The molecule has 2 aromatic carbocycles. The van der Waals surface area contributed by atoms with Crippen LogP contribution < -0.4 is 14.8 Å². The van der Waals surface area contributed by atoms with Gasteiger partial charge in [-0.15, -0.1) is 0 Å². The minimum atomic E-state index is -3.97. The summed E-state index contributed by atoms with van der Waals surface area (Å²) in [5.74, 6) is 0.193. The number of fused-ring (bicyclic) bond motifs is 1. The maximum atomic E-state index is 12.7. The Morgan fingerprint density at radius 1 is 1.12 bits per heavy atom. The lowest BCUT2D eigenvalue weighted by Crippen LogP contribution is -2.36. The van der Waals surface area contributed by atoms with Crippen molar-refractivity contribution in [3.05, 3.63) is 53.1 Å². The third-order valence-corrected chi connectivity index (χ3v) is 7.12. The summed E-state index contributed by atoms with van der Waals surface area (Å²) in [5, 5.41) is 2.77. The van der Waals surface area contributed by atoms with Crippen molar-refractivity contribution in [1.82, 2.24) is 9.62 Å². The predicted molar refractivity (Wildman–Crippen MR) is 120 cm³/mol. The summed E-state index contributed by atoms with van der Waals surface area (Å²) in [6, 6.07) is 9.00. The van der Waals surface area contributed by atoms with E-state index in [9.17, 15) is 18.0 Å². The van der Waals surface area contributed by atoms with Crippen LogP contribution in [0.5, 0.6) is 11.5 Å². The minimum Gasteiger partial charge on any atom is -0.493 e. The monoisotopic (exact) mass is 460 g/mol. The average molecular weight is 461 g/mol. The van der Waals surface area contributed by atoms with Crippen molar-refractivity contribution in [3.63, 3.8) is 0 Å². The Balaban J connectivity index is 1.73. The molecule has 1 aliphatic heterocycles. The molecule has 0 atom stereocenters. The molecule has 0 aromatic heterocycles. The van der Waals surface area contributed by atoms with Crippen LogP contribution in [-0.4, -0.2) is 44.3 Å². The van der Waals surface area contributed by atoms with Crippen LogP contribution >= 0.6 is 0 Å². The zero-order valence-electron chi connectivity index (χ0n) is 18.7. The van der Waals surface area contributed by atoms with Crippen molar-refractivity contribution in [1.29, 1.82) is 0 Å². The van der Waals surface area contributed by atoms with Gasteiger partial charge in [0.1, 0.15) is 4.90 Å². The number of sulfonamides is 1. The van der Waals surface area contributed by atoms with Gasteiger partial charge in [0.25, 0.3) is 21.8 Å². The molecule has 1 aliphatic rings. The van der Waals surface area contributed by atoms with E-state index in [1.807, 2.05) is 6.07 Å². The zero-order valence-corrected chi connectivity index (χ0v) is 19.5. The van der Waals surface area contributed by atoms with Crippen LogP contribution in [0.3, 0.4) is 0 Å². The molecule has 8 nitrogen and oxygen atoms in total. The van der Waals surface area contributed by atoms with Gasteiger partial charge in [0.15, 0.2) is 11.5 Å². The molecule has 0 saturated carbocycles. The lowest BCUT2D eigenvalue weighted by molar-refractivity contribution is 0.0845. The van der Waals surface area contributed by atoms with Crippen LogP contribution in [0.4, 0.5) is 0 Å². The topological polar surface area (TPSA) is 102 Å². The van der Waals surface area contributed by atoms with Crippen LogP contribution in [0, 0.1) is 0 Å². The second-order valence-electron chi connectivity index (χ2n) is 7.78. The molecular weight excluding hydrogens is 432 g/mol. The second-order valence-corrected chi connectivity index (χ2v) is 9.56. The van der Waals surface area contributed by atoms with E-state index in [2.05, 4.69) is 12.2 Å². The first-order valence-electron chi connectivity index (χ1n) is 10.5. The number of hydrogen-bond donors (Lipinski definition) is 1. The highest BCUT2D eigenvalue weighted by molar-refractivity contribution is 7.90. The Morgan fingerprint density at radius 2 is 1.88 bits per heavy atom. The molecule has 9 heteroatoms. The van der Waals surface area contributed by atoms with Crippen molar-refractivity contribution in [2.24, 2.45) is 0 Å². The quantitative estimate of drug-likeness (QED) is 0.576. The van der Waals surface area contributed by atoms with Crippen molar-refractivity contribution in [2.75, 3.05) is 13.7 Å². The molecule has 0 radical (unpaired) electrons. The fourth-order valence-corrected chi connectivity index (χ4v) is 5.24. The van der Waals surface area contributed by atoms with E-state index in [-0.39, 0.29) is 22.6 Å². The molecule has 0 fully saturated rings. The molecule has 3 rings (SSSR count). The van der Waals surface area contributed by atoms with Crippen molar-refractivity contribution in [2.45, 2.75) is 51.1 Å². The van der Waals surface area contributed by atoms with Gasteiger partial charge >= 0.3 is 0 Å². The Bertz CT molecular complexity index is 1130. The first kappa shape index (κ1) is 23.6. The second kappa shape index (κ2) is 9.60. The minimum absolute atomic E-state index is 0.0821. The lowest BCUT2D eigenvalue weighted by Gasteiger charge is -2.18. The van der Waals surface area contributed by atoms with Gasteiger partial charge < -0.3 is 14.8 Å². The molecule has 172 valence electrons. The van der Waals surface area contributed by atoms with Gasteiger partial charge in [0, 0.05) is 18.2 Å². The van der Waals surface area contributed by atoms with Gasteiger partial charge in [-0.05, 0) is 56.2 Å². The summed E-state index contributed by atoms with van der Waals surface area (Å²) in [6.07, 6.45) is 1.97. The normalized spacial score (nSPS) is 14.4. The smallest absolute Gasteiger partial charge is 0.269 e. The van der Waals surface area contributed by atoms with Gasteiger partial charge in [0.05, 0.1) is 19.3 Å². The summed E-state index contributed by atoms with van der Waals surface area (Å²) in [6.45, 7) is 6.15. The number of rotatable bonds is 9. The van der Waals surface area contributed by atoms with Crippen molar-refractivity contribution in [3.8, 4) is 11.5 Å². The van der Waals surface area contributed by atoms with Gasteiger partial charge in [0.2, 0.25) is 0 Å². The Labute approximate surface area is 188 Å². The number of carbonyl (C=O) groups is 2. The fraction of sp³-hybridized carbons (Fsp3) is 0.391. The van der Waals surface area contributed by atoms with E-state index >= 15 is 0 Å². The van der Waals surface area contributed by atoms with E-state index in [4.69, 9.17) is 9.47 Å². The van der Waals surface area contributed by atoms with E-state index in [0.717, 1.165) is 22.7 Å². The summed E-state index contributed by atoms with van der Waals surface area (Å²) >= 11 is 0. The van der Waals surface area contributed by atoms with Crippen LogP contribution in [0.2, 0.25) is 0 Å². The maximum absolute atomic E-state index is 12.7. The third-order valence-electron chi connectivity index (χ3n) is 5.12. The highest BCUT2D eigenvalue weighted by Crippen LogP contribution is 2.33. The Morgan fingerprint density at radius 3 is 2.53 bits per heavy atom. The molecule has 0 saturated heterocycles. The van der Waals surface area contributed by atoms with Crippen LogP contribution in [-0.2, 0) is 16.6 Å². The van der Waals surface area contributed by atoms with Crippen LogP contribution in [0.1, 0.15) is 59.9 Å². The largest absolute Gasteiger partial charge is 0.493 e. The Kier molecular flexibility index (Phi) is 7.08. The number of hydrogen-bond acceptors (Lipinski definition) is 6.